The molecule has 1 aliphatic rings. The van der Waals surface area contributed by atoms with Gasteiger partial charge in [0.05, 0.1) is 5.56 Å². The smallest absolute Gasteiger partial charge is 0.255 e. The second kappa shape index (κ2) is 6.55. The highest BCUT2D eigenvalue weighted by molar-refractivity contribution is 5.94. The average molecular weight is 261 g/mol. The van der Waals surface area contributed by atoms with Crippen LogP contribution in [-0.2, 0) is 0 Å². The van der Waals surface area contributed by atoms with Gasteiger partial charge in [0.15, 0.2) is 0 Å². The molecule has 0 spiro atoms. The molecule has 4 heteroatoms. The molecule has 104 valence electrons. The second-order valence-corrected chi connectivity index (χ2v) is 5.18. The quantitative estimate of drug-likeness (QED) is 0.910. The van der Waals surface area contributed by atoms with E-state index in [2.05, 4.69) is 17.2 Å². The molecule has 4 nitrogen and oxygen atoms in total. The van der Waals surface area contributed by atoms with Gasteiger partial charge in [-0.05, 0) is 37.3 Å². The van der Waals surface area contributed by atoms with E-state index in [1.54, 1.807) is 6.20 Å². The Morgan fingerprint density at radius 2 is 2.26 bits per heavy atom. The summed E-state index contributed by atoms with van der Waals surface area (Å²) in [6, 6.07) is 3.70. The molecule has 1 aromatic rings. The molecule has 1 unspecified atom stereocenters. The van der Waals surface area contributed by atoms with Crippen LogP contribution < -0.4 is 5.32 Å². The molecule has 0 bridgehead atoms. The highest BCUT2D eigenvalue weighted by atomic mass is 16.2. The zero-order valence-corrected chi connectivity index (χ0v) is 11.9. The lowest BCUT2D eigenvalue weighted by molar-refractivity contribution is 0.0759. The number of carbonyl (C=O) groups is 1. The van der Waals surface area contributed by atoms with Crippen molar-refractivity contribution in [2.75, 3.05) is 25.5 Å². The van der Waals surface area contributed by atoms with Gasteiger partial charge in [-0.3, -0.25) is 4.79 Å². The van der Waals surface area contributed by atoms with Crippen molar-refractivity contribution >= 4 is 11.7 Å². The van der Waals surface area contributed by atoms with Crippen molar-refractivity contribution in [2.24, 2.45) is 5.92 Å². The molecular formula is C15H23N3O. The van der Waals surface area contributed by atoms with Gasteiger partial charge in [0.25, 0.3) is 5.91 Å². The van der Waals surface area contributed by atoms with Gasteiger partial charge in [0.2, 0.25) is 0 Å². The van der Waals surface area contributed by atoms with Crippen molar-refractivity contribution in [1.29, 1.82) is 0 Å². The fraction of sp³-hybridized carbons (Fsp3) is 0.600. The molecule has 1 saturated heterocycles. The molecule has 0 saturated carbocycles. The maximum Gasteiger partial charge on any atom is 0.255 e. The number of likely N-dealkylation sites (tertiary alicyclic amines) is 1. The first-order valence-corrected chi connectivity index (χ1v) is 7.17. The normalized spacial score (nSPS) is 19.9. The van der Waals surface area contributed by atoms with Crippen LogP contribution in [0.4, 0.5) is 5.82 Å². The van der Waals surface area contributed by atoms with Crippen molar-refractivity contribution in [2.45, 2.75) is 32.6 Å². The van der Waals surface area contributed by atoms with Gasteiger partial charge in [0, 0.05) is 26.3 Å². The van der Waals surface area contributed by atoms with E-state index in [-0.39, 0.29) is 5.91 Å². The summed E-state index contributed by atoms with van der Waals surface area (Å²) in [5.74, 6) is 1.69. The third-order valence-corrected chi connectivity index (χ3v) is 3.98. The number of rotatable bonds is 3. The molecule has 1 atom stereocenters. The van der Waals surface area contributed by atoms with Crippen LogP contribution in [0.1, 0.15) is 43.0 Å². The number of hydrogen-bond donors (Lipinski definition) is 1. The maximum absolute atomic E-state index is 12.4. The van der Waals surface area contributed by atoms with E-state index in [0.29, 0.717) is 5.56 Å². The minimum atomic E-state index is 0.118. The first-order valence-electron chi connectivity index (χ1n) is 7.17. The van der Waals surface area contributed by atoms with Crippen LogP contribution in [0.3, 0.4) is 0 Å². The first-order chi connectivity index (χ1) is 9.24. The van der Waals surface area contributed by atoms with Gasteiger partial charge in [-0.25, -0.2) is 4.98 Å². The SMILES string of the molecule is CCC1CCCN(C(=O)c2ccc(NC)nc2)CC1. The summed E-state index contributed by atoms with van der Waals surface area (Å²) in [6.45, 7) is 4.00. The third-order valence-electron chi connectivity index (χ3n) is 3.98. The number of aromatic nitrogens is 1. The topological polar surface area (TPSA) is 45.2 Å². The van der Waals surface area contributed by atoms with Crippen LogP contribution in [-0.4, -0.2) is 35.9 Å². The second-order valence-electron chi connectivity index (χ2n) is 5.18. The molecule has 0 aromatic carbocycles. The monoisotopic (exact) mass is 261 g/mol. The van der Waals surface area contributed by atoms with Gasteiger partial charge in [-0.15, -0.1) is 0 Å². The van der Waals surface area contributed by atoms with Crippen LogP contribution in [0.25, 0.3) is 0 Å². The lowest BCUT2D eigenvalue weighted by atomic mass is 9.98. The Morgan fingerprint density at radius 1 is 1.42 bits per heavy atom. The molecule has 2 rings (SSSR count). The number of carbonyl (C=O) groups excluding carboxylic acids is 1. The third kappa shape index (κ3) is 3.46. The molecule has 0 aliphatic carbocycles. The van der Waals surface area contributed by atoms with Gasteiger partial charge in [-0.1, -0.05) is 13.3 Å². The number of anilines is 1. The molecule has 19 heavy (non-hydrogen) atoms. The van der Waals surface area contributed by atoms with E-state index in [1.165, 1.54) is 12.8 Å². The van der Waals surface area contributed by atoms with Crippen LogP contribution in [0.2, 0.25) is 0 Å². The van der Waals surface area contributed by atoms with Gasteiger partial charge < -0.3 is 10.2 Å². The van der Waals surface area contributed by atoms with Crippen LogP contribution in [0.5, 0.6) is 0 Å². The van der Waals surface area contributed by atoms with E-state index >= 15 is 0 Å². The predicted molar refractivity (Wildman–Crippen MR) is 77.3 cm³/mol. The van der Waals surface area contributed by atoms with E-state index in [1.807, 2.05) is 24.1 Å². The zero-order valence-electron chi connectivity index (χ0n) is 11.9. The van der Waals surface area contributed by atoms with Gasteiger partial charge >= 0.3 is 0 Å². The summed E-state index contributed by atoms with van der Waals surface area (Å²) in [6.07, 6.45) is 6.38. The number of nitrogens with one attached hydrogen (secondary N) is 1. The summed E-state index contributed by atoms with van der Waals surface area (Å²) in [7, 11) is 1.82. The number of nitrogens with zero attached hydrogens (tertiary/aromatic N) is 2. The Bertz CT molecular complexity index is 416. The van der Waals surface area contributed by atoms with Crippen molar-refractivity contribution in [3.05, 3.63) is 23.9 Å². The fourth-order valence-electron chi connectivity index (χ4n) is 2.63. The van der Waals surface area contributed by atoms with Gasteiger partial charge in [-0.2, -0.15) is 0 Å². The fourth-order valence-corrected chi connectivity index (χ4v) is 2.63. The largest absolute Gasteiger partial charge is 0.373 e. The van der Waals surface area contributed by atoms with E-state index in [9.17, 15) is 4.79 Å². The molecule has 0 radical (unpaired) electrons. The van der Waals surface area contributed by atoms with Crippen molar-refractivity contribution in [3.63, 3.8) is 0 Å². The summed E-state index contributed by atoms with van der Waals surface area (Å²) >= 11 is 0. The van der Waals surface area contributed by atoms with Crippen molar-refractivity contribution in [3.8, 4) is 0 Å². The Labute approximate surface area is 115 Å². The summed E-state index contributed by atoms with van der Waals surface area (Å²) in [5.41, 5.74) is 0.689. The molecule has 1 N–H and O–H groups in total. The summed E-state index contributed by atoms with van der Waals surface area (Å²) in [5, 5.41) is 2.96. The van der Waals surface area contributed by atoms with Crippen molar-refractivity contribution in [1.82, 2.24) is 9.88 Å². The maximum atomic E-state index is 12.4. The summed E-state index contributed by atoms with van der Waals surface area (Å²) < 4.78 is 0. The van der Waals surface area contributed by atoms with E-state index in [4.69, 9.17) is 0 Å². The average Bonchev–Trinajstić information content (AvgIpc) is 2.72. The Hall–Kier alpha value is -1.58. The predicted octanol–water partition coefficient (Wildman–Crippen LogP) is 2.78. The molecule has 1 fully saturated rings. The Morgan fingerprint density at radius 3 is 2.89 bits per heavy atom. The Balaban J connectivity index is 2.01. The number of hydrogen-bond acceptors (Lipinski definition) is 3. The van der Waals surface area contributed by atoms with E-state index in [0.717, 1.165) is 37.7 Å². The number of pyridine rings is 1. The standard InChI is InChI=1S/C15H23N3O/c1-3-12-5-4-9-18(10-8-12)15(19)13-6-7-14(16-2)17-11-13/h6-7,11-12H,3-5,8-10H2,1-2H3,(H,16,17). The highest BCUT2D eigenvalue weighted by Crippen LogP contribution is 2.21. The summed E-state index contributed by atoms with van der Waals surface area (Å²) in [4.78, 5) is 18.6. The lowest BCUT2D eigenvalue weighted by Gasteiger charge is -2.20. The lowest BCUT2D eigenvalue weighted by Crippen LogP contribution is -2.32. The van der Waals surface area contributed by atoms with Crippen molar-refractivity contribution < 1.29 is 4.79 Å². The molecule has 1 aliphatic heterocycles. The minimum Gasteiger partial charge on any atom is -0.373 e. The molecule has 2 heterocycles. The first kappa shape index (κ1) is 13.8. The Kier molecular flexibility index (Phi) is 4.77. The van der Waals surface area contributed by atoms with Crippen LogP contribution in [0.15, 0.2) is 18.3 Å². The molecule has 1 amide bonds. The molecular weight excluding hydrogens is 238 g/mol. The van der Waals surface area contributed by atoms with Crippen LogP contribution >= 0.6 is 0 Å². The number of amides is 1. The minimum absolute atomic E-state index is 0.118. The van der Waals surface area contributed by atoms with Crippen LogP contribution in [0, 0.1) is 5.92 Å². The highest BCUT2D eigenvalue weighted by Gasteiger charge is 2.20. The molecule has 1 aromatic heterocycles. The zero-order chi connectivity index (χ0) is 13.7. The van der Waals surface area contributed by atoms with Gasteiger partial charge in [0.1, 0.15) is 5.82 Å². The van der Waals surface area contributed by atoms with E-state index < -0.39 is 0 Å².